The van der Waals surface area contributed by atoms with Gasteiger partial charge in [0.15, 0.2) is 6.61 Å². The summed E-state index contributed by atoms with van der Waals surface area (Å²) in [5.74, 6) is -0.597. The van der Waals surface area contributed by atoms with Gasteiger partial charge in [0.25, 0.3) is 5.91 Å². The number of nitrogens with one attached hydrogen (secondary N) is 1. The zero-order valence-electron chi connectivity index (χ0n) is 18.8. The summed E-state index contributed by atoms with van der Waals surface area (Å²) in [7, 11) is 0. The Morgan fingerprint density at radius 1 is 1.12 bits per heavy atom. The van der Waals surface area contributed by atoms with Gasteiger partial charge >= 0.3 is 11.6 Å². The van der Waals surface area contributed by atoms with E-state index < -0.39 is 23.5 Å². The average molecular weight is 470 g/mol. The molecule has 174 valence electrons. The number of aryl methyl sites for hydroxylation is 2. The minimum Gasteiger partial charge on any atom is -0.483 e. The number of carbonyl (C=O) groups excluding carboxylic acids is 1. The number of carboxylic acids is 1. The molecule has 1 amide bonds. The Kier molecular flexibility index (Phi) is 8.16. The Morgan fingerprint density at radius 3 is 2.52 bits per heavy atom. The molecule has 1 atom stereocenters. The second-order valence-electron chi connectivity index (χ2n) is 7.75. The highest BCUT2D eigenvalue weighted by Crippen LogP contribution is 2.30. The van der Waals surface area contributed by atoms with Crippen LogP contribution in [0, 0.1) is 13.8 Å². The van der Waals surface area contributed by atoms with Gasteiger partial charge in [-0.05, 0) is 55.5 Å². The van der Waals surface area contributed by atoms with Crippen LogP contribution in [0.25, 0.3) is 11.0 Å². The van der Waals surface area contributed by atoms with Crippen molar-refractivity contribution >= 4 is 34.6 Å². The molecule has 33 heavy (non-hydrogen) atoms. The smallest absolute Gasteiger partial charge is 0.340 e. The number of benzene rings is 2. The van der Waals surface area contributed by atoms with Crippen molar-refractivity contribution in [3.05, 3.63) is 75.1 Å². The van der Waals surface area contributed by atoms with E-state index in [2.05, 4.69) is 5.32 Å². The van der Waals surface area contributed by atoms with E-state index >= 15 is 0 Å². The zero-order chi connectivity index (χ0) is 24.0. The molecule has 0 saturated heterocycles. The Balaban J connectivity index is 1.78. The van der Waals surface area contributed by atoms with Crippen LogP contribution < -0.4 is 15.7 Å². The van der Waals surface area contributed by atoms with E-state index in [1.54, 1.807) is 19.1 Å². The predicted octanol–water partition coefficient (Wildman–Crippen LogP) is 3.70. The second-order valence-corrected chi connectivity index (χ2v) is 8.73. The van der Waals surface area contributed by atoms with E-state index in [1.165, 1.54) is 11.8 Å². The Labute approximate surface area is 196 Å². The molecule has 0 bridgehead atoms. The lowest BCUT2D eigenvalue weighted by molar-refractivity contribution is -0.142. The van der Waals surface area contributed by atoms with Crippen molar-refractivity contribution in [1.29, 1.82) is 0 Å². The van der Waals surface area contributed by atoms with Crippen LogP contribution in [-0.4, -0.2) is 41.6 Å². The number of hydrogen-bond donors (Lipinski definition) is 2. The molecule has 0 saturated carbocycles. The molecule has 0 aliphatic rings. The standard InChI is InChI=1S/C25H27NO6S/c1-15-18-9-10-21(31-14-22(27)26-20(24(28)29)11-12-33-3)16(2)23(18)32-25(30)19(15)13-17-7-5-4-6-8-17/h4-10,20H,11-14H2,1-3H3,(H,26,27)(H,28,29). The van der Waals surface area contributed by atoms with Crippen molar-refractivity contribution < 1.29 is 23.8 Å². The number of amides is 1. The topological polar surface area (TPSA) is 106 Å². The van der Waals surface area contributed by atoms with Gasteiger partial charge in [0.1, 0.15) is 17.4 Å². The molecule has 2 N–H and O–H groups in total. The third kappa shape index (κ3) is 5.96. The summed E-state index contributed by atoms with van der Waals surface area (Å²) in [4.78, 5) is 36.3. The first kappa shape index (κ1) is 24.4. The number of rotatable bonds is 10. The van der Waals surface area contributed by atoms with Crippen molar-refractivity contribution in [3.63, 3.8) is 0 Å². The third-order valence-corrected chi connectivity index (χ3v) is 6.12. The van der Waals surface area contributed by atoms with Crippen LogP contribution in [0.2, 0.25) is 0 Å². The van der Waals surface area contributed by atoms with Gasteiger partial charge in [0.05, 0.1) is 0 Å². The highest BCUT2D eigenvalue weighted by atomic mass is 32.2. The van der Waals surface area contributed by atoms with Crippen LogP contribution >= 0.6 is 11.8 Å². The number of thioether (sulfide) groups is 1. The Morgan fingerprint density at radius 2 is 1.85 bits per heavy atom. The highest BCUT2D eigenvalue weighted by molar-refractivity contribution is 7.98. The van der Waals surface area contributed by atoms with Crippen molar-refractivity contribution in [2.45, 2.75) is 32.7 Å². The Hall–Kier alpha value is -3.26. The number of aliphatic carboxylic acids is 1. The monoisotopic (exact) mass is 469 g/mol. The lowest BCUT2D eigenvalue weighted by Crippen LogP contribution is -2.43. The molecule has 3 aromatic rings. The minimum atomic E-state index is -1.08. The molecular weight excluding hydrogens is 442 g/mol. The van der Waals surface area contributed by atoms with E-state index in [1.807, 2.05) is 43.5 Å². The number of fused-ring (bicyclic) bond motifs is 1. The molecule has 0 aliphatic carbocycles. The van der Waals surface area contributed by atoms with Crippen LogP contribution in [-0.2, 0) is 16.0 Å². The fourth-order valence-corrected chi connectivity index (χ4v) is 4.08. The summed E-state index contributed by atoms with van der Waals surface area (Å²) in [6, 6.07) is 12.3. The number of hydrogen-bond acceptors (Lipinski definition) is 6. The van der Waals surface area contributed by atoms with Gasteiger partial charge in [-0.2, -0.15) is 11.8 Å². The van der Waals surface area contributed by atoms with Crippen LogP contribution in [0.1, 0.15) is 28.7 Å². The minimum absolute atomic E-state index is 0.326. The normalized spacial score (nSPS) is 11.8. The molecule has 0 spiro atoms. The summed E-state index contributed by atoms with van der Waals surface area (Å²) in [5, 5.41) is 12.5. The second kappa shape index (κ2) is 11.0. The molecular formula is C25H27NO6S. The van der Waals surface area contributed by atoms with E-state index in [-0.39, 0.29) is 6.61 Å². The van der Waals surface area contributed by atoms with Crippen LogP contribution in [0.4, 0.5) is 0 Å². The van der Waals surface area contributed by atoms with Crippen molar-refractivity contribution in [1.82, 2.24) is 5.32 Å². The summed E-state index contributed by atoms with van der Waals surface area (Å²) >= 11 is 1.51. The van der Waals surface area contributed by atoms with Gasteiger partial charge in [0.2, 0.25) is 0 Å². The summed E-state index contributed by atoms with van der Waals surface area (Å²) in [6.07, 6.45) is 2.67. The van der Waals surface area contributed by atoms with Gasteiger partial charge in [-0.15, -0.1) is 0 Å². The van der Waals surface area contributed by atoms with Gasteiger partial charge in [-0.3, -0.25) is 4.79 Å². The molecule has 1 aromatic heterocycles. The van der Waals surface area contributed by atoms with Crippen molar-refractivity contribution in [3.8, 4) is 5.75 Å². The first-order valence-corrected chi connectivity index (χ1v) is 11.9. The largest absolute Gasteiger partial charge is 0.483 e. The fourth-order valence-electron chi connectivity index (χ4n) is 3.60. The average Bonchev–Trinajstić information content (AvgIpc) is 2.80. The summed E-state index contributed by atoms with van der Waals surface area (Å²) < 4.78 is 11.3. The lowest BCUT2D eigenvalue weighted by Gasteiger charge is -2.16. The number of carbonyl (C=O) groups is 2. The van der Waals surface area contributed by atoms with Gasteiger partial charge < -0.3 is 19.6 Å². The van der Waals surface area contributed by atoms with E-state index in [4.69, 9.17) is 9.15 Å². The lowest BCUT2D eigenvalue weighted by atomic mass is 9.98. The number of carboxylic acid groups (broad SMARTS) is 1. The molecule has 2 aromatic carbocycles. The molecule has 0 fully saturated rings. The van der Waals surface area contributed by atoms with E-state index in [9.17, 15) is 19.5 Å². The van der Waals surface area contributed by atoms with Gasteiger partial charge in [-0.25, -0.2) is 9.59 Å². The fraction of sp³-hybridized carbons (Fsp3) is 0.320. The highest BCUT2D eigenvalue weighted by Gasteiger charge is 2.20. The zero-order valence-corrected chi connectivity index (χ0v) is 19.7. The molecule has 8 heteroatoms. The molecule has 7 nitrogen and oxygen atoms in total. The quantitative estimate of drug-likeness (QED) is 0.436. The first-order chi connectivity index (χ1) is 15.8. The molecule has 0 aliphatic heterocycles. The molecule has 1 unspecified atom stereocenters. The molecule has 0 radical (unpaired) electrons. The van der Waals surface area contributed by atoms with Crippen molar-refractivity contribution in [2.75, 3.05) is 18.6 Å². The predicted molar refractivity (Wildman–Crippen MR) is 129 cm³/mol. The van der Waals surface area contributed by atoms with Crippen LogP contribution in [0.5, 0.6) is 5.75 Å². The maximum absolute atomic E-state index is 12.7. The van der Waals surface area contributed by atoms with Crippen molar-refractivity contribution in [2.24, 2.45) is 0 Å². The summed E-state index contributed by atoms with van der Waals surface area (Å²) in [5.41, 5.74) is 3.08. The molecule has 3 rings (SSSR count). The van der Waals surface area contributed by atoms with Crippen LogP contribution in [0.15, 0.2) is 51.7 Å². The molecule has 1 heterocycles. The Bertz CT molecular complexity index is 1200. The van der Waals surface area contributed by atoms with Gasteiger partial charge in [0, 0.05) is 22.9 Å². The van der Waals surface area contributed by atoms with E-state index in [0.29, 0.717) is 41.1 Å². The third-order valence-electron chi connectivity index (χ3n) is 5.48. The SMILES string of the molecule is CSCCC(NC(=O)COc1ccc2c(C)c(Cc3ccccc3)c(=O)oc2c1C)C(=O)O. The van der Waals surface area contributed by atoms with Crippen LogP contribution in [0.3, 0.4) is 0 Å². The maximum atomic E-state index is 12.7. The summed E-state index contributed by atoms with van der Waals surface area (Å²) in [6.45, 7) is 3.31. The van der Waals surface area contributed by atoms with E-state index in [0.717, 1.165) is 16.5 Å². The number of ether oxygens (including phenoxy) is 1. The maximum Gasteiger partial charge on any atom is 0.340 e. The van der Waals surface area contributed by atoms with Gasteiger partial charge in [-0.1, -0.05) is 30.3 Å². The first-order valence-electron chi connectivity index (χ1n) is 10.6.